The van der Waals surface area contributed by atoms with Gasteiger partial charge in [-0.2, -0.15) is 0 Å². The Balaban J connectivity index is 1.56. The summed E-state index contributed by atoms with van der Waals surface area (Å²) < 4.78 is 11.3. The number of nitrogens with one attached hydrogen (secondary N) is 1. The van der Waals surface area contributed by atoms with Crippen LogP contribution in [0.5, 0.6) is 11.5 Å². The van der Waals surface area contributed by atoms with Crippen molar-refractivity contribution in [2.24, 2.45) is 4.99 Å². The number of aliphatic hydroxyl groups is 1. The number of ether oxygens (including phenoxy) is 2. The van der Waals surface area contributed by atoms with Gasteiger partial charge < -0.3 is 24.8 Å². The van der Waals surface area contributed by atoms with E-state index in [2.05, 4.69) is 22.1 Å². The molecular weight excluding hydrogens is 366 g/mol. The zero-order valence-electron chi connectivity index (χ0n) is 17.3. The number of benzene rings is 2. The molecule has 6 nitrogen and oxygen atoms in total. The van der Waals surface area contributed by atoms with Crippen LogP contribution < -0.4 is 14.8 Å². The molecule has 29 heavy (non-hydrogen) atoms. The first-order valence-corrected chi connectivity index (χ1v) is 10.3. The summed E-state index contributed by atoms with van der Waals surface area (Å²) in [7, 11) is 1.62. The van der Waals surface area contributed by atoms with Crippen molar-refractivity contribution in [2.75, 3.05) is 33.3 Å². The SMILES string of the molecule is CCNC(=NCC(O)c1cccc(OC)c1)N1CCC(Oc2ccccc2)CC1. The van der Waals surface area contributed by atoms with Crippen molar-refractivity contribution in [2.45, 2.75) is 32.0 Å². The highest BCUT2D eigenvalue weighted by Gasteiger charge is 2.23. The summed E-state index contributed by atoms with van der Waals surface area (Å²) in [5.74, 6) is 2.50. The molecule has 2 aromatic rings. The molecule has 0 amide bonds. The third-order valence-corrected chi connectivity index (χ3v) is 5.01. The van der Waals surface area contributed by atoms with Gasteiger partial charge in [-0.3, -0.25) is 4.99 Å². The zero-order valence-corrected chi connectivity index (χ0v) is 17.3. The van der Waals surface area contributed by atoms with E-state index >= 15 is 0 Å². The predicted octanol–water partition coefficient (Wildman–Crippen LogP) is 3.24. The van der Waals surface area contributed by atoms with Gasteiger partial charge in [0.05, 0.1) is 19.8 Å². The summed E-state index contributed by atoms with van der Waals surface area (Å²) in [5.41, 5.74) is 0.805. The minimum absolute atomic E-state index is 0.221. The molecule has 1 saturated heterocycles. The topological polar surface area (TPSA) is 66.3 Å². The molecule has 3 rings (SSSR count). The number of hydrogen-bond donors (Lipinski definition) is 2. The number of guanidine groups is 1. The van der Waals surface area contributed by atoms with Gasteiger partial charge >= 0.3 is 0 Å². The van der Waals surface area contributed by atoms with Gasteiger partial charge in [0, 0.05) is 32.5 Å². The maximum Gasteiger partial charge on any atom is 0.194 e. The molecule has 1 aliphatic heterocycles. The number of para-hydroxylation sites is 1. The second-order valence-corrected chi connectivity index (χ2v) is 7.10. The van der Waals surface area contributed by atoms with Crippen LogP contribution in [0.3, 0.4) is 0 Å². The molecule has 1 unspecified atom stereocenters. The van der Waals surface area contributed by atoms with Crippen LogP contribution in [0, 0.1) is 0 Å². The fourth-order valence-electron chi connectivity index (χ4n) is 3.43. The van der Waals surface area contributed by atoms with Crippen LogP contribution in [0.4, 0.5) is 0 Å². The lowest BCUT2D eigenvalue weighted by Gasteiger charge is -2.34. The second kappa shape index (κ2) is 10.7. The van der Waals surface area contributed by atoms with Crippen molar-refractivity contribution < 1.29 is 14.6 Å². The number of aliphatic imine (C=N–C) groups is 1. The summed E-state index contributed by atoms with van der Waals surface area (Å²) in [6.45, 7) is 4.89. The van der Waals surface area contributed by atoms with Crippen molar-refractivity contribution >= 4 is 5.96 Å². The lowest BCUT2D eigenvalue weighted by molar-refractivity contribution is 0.129. The Morgan fingerprint density at radius 3 is 2.55 bits per heavy atom. The van der Waals surface area contributed by atoms with E-state index in [1.807, 2.05) is 54.6 Å². The van der Waals surface area contributed by atoms with Gasteiger partial charge in [-0.1, -0.05) is 30.3 Å². The molecule has 0 saturated carbocycles. The number of piperidine rings is 1. The van der Waals surface area contributed by atoms with E-state index in [9.17, 15) is 5.11 Å². The summed E-state index contributed by atoms with van der Waals surface area (Å²) in [5, 5.41) is 13.9. The third-order valence-electron chi connectivity index (χ3n) is 5.01. The van der Waals surface area contributed by atoms with Gasteiger partial charge in [-0.25, -0.2) is 0 Å². The van der Waals surface area contributed by atoms with E-state index in [1.54, 1.807) is 7.11 Å². The van der Waals surface area contributed by atoms with Crippen LogP contribution in [-0.2, 0) is 0 Å². The Labute approximate surface area is 173 Å². The molecule has 0 aliphatic carbocycles. The molecule has 0 aromatic heterocycles. The Bertz CT molecular complexity index is 774. The molecule has 2 aromatic carbocycles. The number of likely N-dealkylation sites (tertiary alicyclic amines) is 1. The van der Waals surface area contributed by atoms with E-state index in [0.717, 1.165) is 55.5 Å². The van der Waals surface area contributed by atoms with Crippen molar-refractivity contribution in [3.05, 3.63) is 60.2 Å². The summed E-state index contributed by atoms with van der Waals surface area (Å²) >= 11 is 0. The lowest BCUT2D eigenvalue weighted by Crippen LogP contribution is -2.47. The molecule has 156 valence electrons. The molecule has 1 fully saturated rings. The molecule has 1 atom stereocenters. The Morgan fingerprint density at radius 2 is 1.86 bits per heavy atom. The first kappa shape index (κ1) is 21.0. The van der Waals surface area contributed by atoms with Gasteiger partial charge in [0.2, 0.25) is 0 Å². The van der Waals surface area contributed by atoms with Crippen molar-refractivity contribution in [1.29, 1.82) is 0 Å². The average Bonchev–Trinajstić information content (AvgIpc) is 2.78. The Kier molecular flexibility index (Phi) is 7.76. The van der Waals surface area contributed by atoms with E-state index in [4.69, 9.17) is 9.47 Å². The van der Waals surface area contributed by atoms with Crippen LogP contribution in [0.2, 0.25) is 0 Å². The van der Waals surface area contributed by atoms with E-state index in [1.165, 1.54) is 0 Å². The largest absolute Gasteiger partial charge is 0.497 e. The average molecular weight is 398 g/mol. The van der Waals surface area contributed by atoms with Crippen molar-refractivity contribution in [3.63, 3.8) is 0 Å². The summed E-state index contributed by atoms with van der Waals surface area (Å²) in [6, 6.07) is 17.5. The third kappa shape index (κ3) is 6.12. The highest BCUT2D eigenvalue weighted by atomic mass is 16.5. The summed E-state index contributed by atoms with van der Waals surface area (Å²) in [6.07, 6.45) is 1.44. The molecule has 0 radical (unpaired) electrons. The van der Waals surface area contributed by atoms with Crippen LogP contribution >= 0.6 is 0 Å². The number of rotatable bonds is 7. The van der Waals surface area contributed by atoms with Crippen LogP contribution in [0.15, 0.2) is 59.6 Å². The molecule has 1 aliphatic rings. The normalized spacial score (nSPS) is 16.4. The molecular formula is C23H31N3O3. The van der Waals surface area contributed by atoms with Crippen LogP contribution in [0.25, 0.3) is 0 Å². The van der Waals surface area contributed by atoms with Crippen LogP contribution in [0.1, 0.15) is 31.4 Å². The standard InChI is InChI=1S/C23H31N3O3/c1-3-24-23(25-17-22(27)18-8-7-11-21(16-18)28-2)26-14-12-20(13-15-26)29-19-9-5-4-6-10-19/h4-11,16,20,22,27H,3,12-15,17H2,1-2H3,(H,24,25). The van der Waals surface area contributed by atoms with Gasteiger partial charge in [0.15, 0.2) is 5.96 Å². The van der Waals surface area contributed by atoms with Crippen molar-refractivity contribution in [1.82, 2.24) is 10.2 Å². The number of aliphatic hydroxyl groups excluding tert-OH is 1. The second-order valence-electron chi connectivity index (χ2n) is 7.10. The fourth-order valence-corrected chi connectivity index (χ4v) is 3.43. The molecule has 2 N–H and O–H groups in total. The first-order valence-electron chi connectivity index (χ1n) is 10.3. The Hall–Kier alpha value is -2.73. The van der Waals surface area contributed by atoms with E-state index < -0.39 is 6.10 Å². The molecule has 6 heteroatoms. The highest BCUT2D eigenvalue weighted by molar-refractivity contribution is 5.80. The van der Waals surface area contributed by atoms with Gasteiger partial charge in [0.1, 0.15) is 17.6 Å². The predicted molar refractivity (Wildman–Crippen MR) is 116 cm³/mol. The van der Waals surface area contributed by atoms with Crippen LogP contribution in [-0.4, -0.2) is 55.4 Å². The van der Waals surface area contributed by atoms with Gasteiger partial charge in [0.25, 0.3) is 0 Å². The quantitative estimate of drug-likeness (QED) is 0.555. The van der Waals surface area contributed by atoms with Crippen molar-refractivity contribution in [3.8, 4) is 11.5 Å². The monoisotopic (exact) mass is 397 g/mol. The number of nitrogens with zero attached hydrogens (tertiary/aromatic N) is 2. The van der Waals surface area contributed by atoms with Gasteiger partial charge in [-0.05, 0) is 36.8 Å². The minimum atomic E-state index is -0.669. The zero-order chi connectivity index (χ0) is 20.5. The number of methoxy groups -OCH3 is 1. The number of hydrogen-bond acceptors (Lipinski definition) is 4. The lowest BCUT2D eigenvalue weighted by atomic mass is 10.1. The molecule has 0 bridgehead atoms. The smallest absolute Gasteiger partial charge is 0.194 e. The highest BCUT2D eigenvalue weighted by Crippen LogP contribution is 2.21. The van der Waals surface area contributed by atoms with E-state index in [-0.39, 0.29) is 6.10 Å². The molecule has 1 heterocycles. The molecule has 0 spiro atoms. The maximum absolute atomic E-state index is 10.5. The first-order chi connectivity index (χ1) is 14.2. The minimum Gasteiger partial charge on any atom is -0.497 e. The van der Waals surface area contributed by atoms with E-state index in [0.29, 0.717) is 6.54 Å². The summed E-state index contributed by atoms with van der Waals surface area (Å²) in [4.78, 5) is 6.92. The maximum atomic E-state index is 10.5. The fraction of sp³-hybridized carbons (Fsp3) is 0.435. The Morgan fingerprint density at radius 1 is 1.14 bits per heavy atom. The van der Waals surface area contributed by atoms with Gasteiger partial charge in [-0.15, -0.1) is 0 Å².